The van der Waals surface area contributed by atoms with Crippen LogP contribution in [-0.2, 0) is 11.2 Å². The fraction of sp³-hybridized carbons (Fsp3) is 0.647. The third-order valence-corrected chi connectivity index (χ3v) is 3.37. The van der Waals surface area contributed by atoms with Gasteiger partial charge in [-0.25, -0.2) is 0 Å². The van der Waals surface area contributed by atoms with Crippen LogP contribution in [0, 0.1) is 6.92 Å². The van der Waals surface area contributed by atoms with Crippen LogP contribution in [0.1, 0.15) is 24.5 Å². The highest BCUT2D eigenvalue weighted by Crippen LogP contribution is 2.07. The molecule has 114 valence electrons. The molecule has 1 atom stereocenters. The van der Waals surface area contributed by atoms with Crippen molar-refractivity contribution in [1.29, 1.82) is 0 Å². The summed E-state index contributed by atoms with van der Waals surface area (Å²) in [4.78, 5) is 2.14. The lowest BCUT2D eigenvalue weighted by Crippen LogP contribution is -2.30. The fourth-order valence-corrected chi connectivity index (χ4v) is 2.08. The molecule has 1 unspecified atom stereocenters. The summed E-state index contributed by atoms with van der Waals surface area (Å²) in [6, 6.07) is 9.31. The van der Waals surface area contributed by atoms with E-state index in [-0.39, 0.29) is 0 Å². The van der Waals surface area contributed by atoms with Crippen LogP contribution in [0.3, 0.4) is 0 Å². The van der Waals surface area contributed by atoms with E-state index in [0.29, 0.717) is 6.04 Å². The Morgan fingerprint density at radius 2 is 2.05 bits per heavy atom. The first kappa shape index (κ1) is 17.2. The summed E-state index contributed by atoms with van der Waals surface area (Å²) >= 11 is 0. The first-order valence-electron chi connectivity index (χ1n) is 7.59. The molecule has 0 aromatic heterocycles. The minimum absolute atomic E-state index is 0.535. The molecule has 0 radical (unpaired) electrons. The van der Waals surface area contributed by atoms with E-state index in [4.69, 9.17) is 4.74 Å². The van der Waals surface area contributed by atoms with Crippen LogP contribution in [0.5, 0.6) is 0 Å². The summed E-state index contributed by atoms with van der Waals surface area (Å²) in [5.41, 5.74) is 2.78. The highest BCUT2D eigenvalue weighted by molar-refractivity contribution is 5.22. The molecule has 1 aromatic rings. The van der Waals surface area contributed by atoms with Crippen molar-refractivity contribution in [3.8, 4) is 0 Å². The topological polar surface area (TPSA) is 24.5 Å². The average molecular weight is 278 g/mol. The average Bonchev–Trinajstić information content (AvgIpc) is 2.40. The molecule has 0 amide bonds. The molecule has 0 bridgehead atoms. The molecule has 0 aliphatic heterocycles. The molecule has 1 rings (SSSR count). The standard InChI is InChI=1S/C17H30N2O/c1-15-6-5-7-17(14-15)9-8-16(2)18-10-12-20-13-11-19(3)4/h5-7,14,16,18H,8-13H2,1-4H3. The number of rotatable bonds is 10. The maximum absolute atomic E-state index is 5.57. The number of likely N-dealkylation sites (N-methyl/N-ethyl adjacent to an activating group) is 1. The lowest BCUT2D eigenvalue weighted by Gasteiger charge is -2.15. The molecule has 1 N–H and O–H groups in total. The van der Waals surface area contributed by atoms with E-state index in [1.165, 1.54) is 17.5 Å². The van der Waals surface area contributed by atoms with Gasteiger partial charge in [0.15, 0.2) is 0 Å². The van der Waals surface area contributed by atoms with E-state index >= 15 is 0 Å². The van der Waals surface area contributed by atoms with Gasteiger partial charge in [-0.2, -0.15) is 0 Å². The summed E-state index contributed by atoms with van der Waals surface area (Å²) in [7, 11) is 4.13. The van der Waals surface area contributed by atoms with Gasteiger partial charge in [-0.15, -0.1) is 0 Å². The van der Waals surface area contributed by atoms with Crippen molar-refractivity contribution in [2.24, 2.45) is 0 Å². The molecule has 0 spiro atoms. The van der Waals surface area contributed by atoms with Crippen molar-refractivity contribution in [3.63, 3.8) is 0 Å². The number of aryl methyl sites for hydroxylation is 2. The number of nitrogens with zero attached hydrogens (tertiary/aromatic N) is 1. The molecule has 3 nitrogen and oxygen atoms in total. The first-order chi connectivity index (χ1) is 9.58. The Hall–Kier alpha value is -0.900. The summed E-state index contributed by atoms with van der Waals surface area (Å²) in [5.74, 6) is 0. The van der Waals surface area contributed by atoms with E-state index in [1.807, 2.05) is 0 Å². The van der Waals surface area contributed by atoms with Crippen molar-refractivity contribution in [2.75, 3.05) is 40.4 Å². The Morgan fingerprint density at radius 1 is 1.25 bits per heavy atom. The van der Waals surface area contributed by atoms with E-state index < -0.39 is 0 Å². The van der Waals surface area contributed by atoms with Crippen LogP contribution in [0.15, 0.2) is 24.3 Å². The van der Waals surface area contributed by atoms with Crippen LogP contribution < -0.4 is 5.32 Å². The zero-order chi connectivity index (χ0) is 14.8. The largest absolute Gasteiger partial charge is 0.379 e. The van der Waals surface area contributed by atoms with Crippen molar-refractivity contribution in [3.05, 3.63) is 35.4 Å². The maximum Gasteiger partial charge on any atom is 0.0593 e. The third kappa shape index (κ3) is 8.31. The third-order valence-electron chi connectivity index (χ3n) is 3.37. The van der Waals surface area contributed by atoms with Crippen molar-refractivity contribution in [1.82, 2.24) is 10.2 Å². The molecule has 20 heavy (non-hydrogen) atoms. The van der Waals surface area contributed by atoms with Crippen molar-refractivity contribution in [2.45, 2.75) is 32.7 Å². The second-order valence-electron chi connectivity index (χ2n) is 5.80. The smallest absolute Gasteiger partial charge is 0.0593 e. The highest BCUT2D eigenvalue weighted by atomic mass is 16.5. The minimum Gasteiger partial charge on any atom is -0.379 e. The molecule has 0 aliphatic rings. The Kier molecular flexibility index (Phi) is 8.51. The van der Waals surface area contributed by atoms with E-state index in [0.717, 1.165) is 32.7 Å². The van der Waals surface area contributed by atoms with E-state index in [9.17, 15) is 0 Å². The van der Waals surface area contributed by atoms with Crippen LogP contribution in [0.25, 0.3) is 0 Å². The zero-order valence-corrected chi connectivity index (χ0v) is 13.5. The van der Waals surface area contributed by atoms with Gasteiger partial charge in [-0.1, -0.05) is 29.8 Å². The molecular weight excluding hydrogens is 248 g/mol. The predicted octanol–water partition coefficient (Wildman–Crippen LogP) is 2.48. The second kappa shape index (κ2) is 9.92. The van der Waals surface area contributed by atoms with Crippen LogP contribution in [-0.4, -0.2) is 51.3 Å². The fourth-order valence-electron chi connectivity index (χ4n) is 2.08. The van der Waals surface area contributed by atoms with E-state index in [2.05, 4.69) is 62.4 Å². The summed E-state index contributed by atoms with van der Waals surface area (Å²) in [5, 5.41) is 3.52. The SMILES string of the molecule is Cc1cccc(CCC(C)NCCOCCN(C)C)c1. The molecule has 1 aromatic carbocycles. The van der Waals surface area contributed by atoms with Gasteiger partial charge in [-0.05, 0) is 46.3 Å². The number of nitrogens with one attached hydrogen (secondary N) is 1. The summed E-state index contributed by atoms with van der Waals surface area (Å²) in [6.45, 7) is 7.92. The quantitative estimate of drug-likeness (QED) is 0.666. The van der Waals surface area contributed by atoms with Crippen LogP contribution in [0.4, 0.5) is 0 Å². The molecule has 0 heterocycles. The molecule has 0 saturated carbocycles. The minimum atomic E-state index is 0.535. The van der Waals surface area contributed by atoms with Gasteiger partial charge in [0.25, 0.3) is 0 Å². The lowest BCUT2D eigenvalue weighted by molar-refractivity contribution is 0.117. The van der Waals surface area contributed by atoms with Gasteiger partial charge >= 0.3 is 0 Å². The van der Waals surface area contributed by atoms with Gasteiger partial charge in [0.2, 0.25) is 0 Å². The van der Waals surface area contributed by atoms with Crippen LogP contribution in [0.2, 0.25) is 0 Å². The molecule has 3 heteroatoms. The van der Waals surface area contributed by atoms with Gasteiger partial charge < -0.3 is 15.0 Å². The number of ether oxygens (including phenoxy) is 1. The van der Waals surface area contributed by atoms with Gasteiger partial charge in [0, 0.05) is 19.1 Å². The van der Waals surface area contributed by atoms with Crippen LogP contribution >= 0.6 is 0 Å². The molecule has 0 fully saturated rings. The van der Waals surface area contributed by atoms with Gasteiger partial charge in [0.05, 0.1) is 13.2 Å². The Morgan fingerprint density at radius 3 is 2.75 bits per heavy atom. The lowest BCUT2D eigenvalue weighted by atomic mass is 10.0. The Labute approximate surface area is 124 Å². The predicted molar refractivity (Wildman–Crippen MR) is 86.3 cm³/mol. The Bertz CT molecular complexity index is 366. The van der Waals surface area contributed by atoms with Gasteiger partial charge in [-0.3, -0.25) is 0 Å². The second-order valence-corrected chi connectivity index (χ2v) is 5.80. The molecular formula is C17H30N2O. The van der Waals surface area contributed by atoms with Gasteiger partial charge in [0.1, 0.15) is 0 Å². The maximum atomic E-state index is 5.57. The molecule has 0 saturated heterocycles. The zero-order valence-electron chi connectivity index (χ0n) is 13.5. The number of hydrogen-bond donors (Lipinski definition) is 1. The molecule has 0 aliphatic carbocycles. The highest BCUT2D eigenvalue weighted by Gasteiger charge is 2.02. The summed E-state index contributed by atoms with van der Waals surface area (Å²) in [6.07, 6.45) is 2.30. The van der Waals surface area contributed by atoms with Crippen molar-refractivity contribution >= 4 is 0 Å². The number of benzene rings is 1. The first-order valence-corrected chi connectivity index (χ1v) is 7.59. The monoisotopic (exact) mass is 278 g/mol. The van der Waals surface area contributed by atoms with Crippen molar-refractivity contribution < 1.29 is 4.74 Å². The number of hydrogen-bond acceptors (Lipinski definition) is 3. The van der Waals surface area contributed by atoms with E-state index in [1.54, 1.807) is 0 Å². The normalized spacial score (nSPS) is 12.8. The summed E-state index contributed by atoms with van der Waals surface area (Å²) < 4.78 is 5.57. The Balaban J connectivity index is 2.04.